The maximum absolute atomic E-state index is 9.17. The molecule has 2 fully saturated rings. The molecule has 0 amide bonds. The Morgan fingerprint density at radius 3 is 2.69 bits per heavy atom. The lowest BCUT2D eigenvalue weighted by molar-refractivity contribution is -0.240. The zero-order valence-corrected chi connectivity index (χ0v) is 10.6. The fourth-order valence-electron chi connectivity index (χ4n) is 3.24. The second kappa shape index (κ2) is 4.63. The van der Waals surface area contributed by atoms with Crippen molar-refractivity contribution in [1.82, 2.24) is 0 Å². The highest BCUT2D eigenvalue weighted by atomic mass is 16.7. The van der Waals surface area contributed by atoms with Crippen molar-refractivity contribution in [1.29, 1.82) is 0 Å². The van der Waals surface area contributed by atoms with Gasteiger partial charge in [0.05, 0.1) is 13.2 Å². The van der Waals surface area contributed by atoms with Crippen LogP contribution in [0.5, 0.6) is 0 Å². The Balaban J connectivity index is 2.13. The number of rotatable bonds is 2. The largest absolute Gasteiger partial charge is 0.394 e. The first kappa shape index (κ1) is 12.3. The molecule has 3 nitrogen and oxygen atoms in total. The molecule has 0 aromatic heterocycles. The molecule has 94 valence electrons. The standard InChI is InChI=1S/C13H24O3/c1-9(2)12-5-4-10(3)6-13(12)15-8-11(7-14)16-13/h9-12,14H,4-8H2,1-3H3/t10-,11-,12+,13+/m1/s1. The minimum absolute atomic E-state index is 0.0704. The Kier molecular flexibility index (Phi) is 3.57. The quantitative estimate of drug-likeness (QED) is 0.787. The number of ether oxygens (including phenoxy) is 2. The third kappa shape index (κ3) is 2.13. The Hall–Kier alpha value is -0.120. The van der Waals surface area contributed by atoms with Gasteiger partial charge in [-0.3, -0.25) is 0 Å². The Bertz CT molecular complexity index is 241. The molecule has 1 saturated heterocycles. The van der Waals surface area contributed by atoms with Gasteiger partial charge < -0.3 is 14.6 Å². The van der Waals surface area contributed by atoms with Gasteiger partial charge in [-0.1, -0.05) is 27.2 Å². The number of aliphatic hydroxyl groups is 1. The predicted molar refractivity (Wildman–Crippen MR) is 62.0 cm³/mol. The van der Waals surface area contributed by atoms with E-state index in [4.69, 9.17) is 14.6 Å². The van der Waals surface area contributed by atoms with Crippen molar-refractivity contribution in [2.24, 2.45) is 17.8 Å². The maximum Gasteiger partial charge on any atom is 0.172 e. The van der Waals surface area contributed by atoms with Crippen LogP contribution in [0, 0.1) is 17.8 Å². The van der Waals surface area contributed by atoms with Gasteiger partial charge in [0, 0.05) is 12.3 Å². The molecule has 0 aromatic carbocycles. The SMILES string of the molecule is CC(C)[C@@H]1CC[C@@H](C)C[C@@]12OC[C@@H](CO)O2. The molecule has 1 spiro atoms. The first-order valence-corrected chi connectivity index (χ1v) is 6.50. The third-order valence-corrected chi connectivity index (χ3v) is 4.06. The molecular weight excluding hydrogens is 204 g/mol. The molecule has 0 bridgehead atoms. The average Bonchev–Trinajstić information content (AvgIpc) is 2.61. The van der Waals surface area contributed by atoms with E-state index in [2.05, 4.69) is 20.8 Å². The van der Waals surface area contributed by atoms with Crippen LogP contribution < -0.4 is 0 Å². The molecule has 0 radical (unpaired) electrons. The van der Waals surface area contributed by atoms with E-state index in [-0.39, 0.29) is 12.7 Å². The summed E-state index contributed by atoms with van der Waals surface area (Å²) in [6.45, 7) is 7.35. The van der Waals surface area contributed by atoms with Crippen LogP contribution in [-0.4, -0.2) is 30.2 Å². The summed E-state index contributed by atoms with van der Waals surface area (Å²) >= 11 is 0. The summed E-state index contributed by atoms with van der Waals surface area (Å²) in [7, 11) is 0. The van der Waals surface area contributed by atoms with Crippen LogP contribution >= 0.6 is 0 Å². The summed E-state index contributed by atoms with van der Waals surface area (Å²) in [6.07, 6.45) is 3.30. The maximum atomic E-state index is 9.17. The van der Waals surface area contributed by atoms with E-state index in [9.17, 15) is 0 Å². The van der Waals surface area contributed by atoms with Crippen molar-refractivity contribution >= 4 is 0 Å². The lowest BCUT2D eigenvalue weighted by atomic mass is 9.73. The lowest BCUT2D eigenvalue weighted by Gasteiger charge is -2.44. The van der Waals surface area contributed by atoms with Crippen LogP contribution in [0.4, 0.5) is 0 Å². The van der Waals surface area contributed by atoms with Gasteiger partial charge in [-0.25, -0.2) is 0 Å². The minimum Gasteiger partial charge on any atom is -0.394 e. The van der Waals surface area contributed by atoms with Gasteiger partial charge in [0.2, 0.25) is 0 Å². The van der Waals surface area contributed by atoms with E-state index in [1.54, 1.807) is 0 Å². The van der Waals surface area contributed by atoms with Gasteiger partial charge in [0.25, 0.3) is 0 Å². The summed E-state index contributed by atoms with van der Waals surface area (Å²) in [4.78, 5) is 0. The molecule has 1 aliphatic heterocycles. The monoisotopic (exact) mass is 228 g/mol. The van der Waals surface area contributed by atoms with Gasteiger partial charge in [-0.05, 0) is 18.3 Å². The highest BCUT2D eigenvalue weighted by molar-refractivity contribution is 4.92. The van der Waals surface area contributed by atoms with Crippen molar-refractivity contribution in [3.63, 3.8) is 0 Å². The third-order valence-electron chi connectivity index (χ3n) is 4.06. The number of hydrogen-bond donors (Lipinski definition) is 1. The van der Waals surface area contributed by atoms with E-state index in [0.717, 1.165) is 6.42 Å². The minimum atomic E-state index is -0.404. The molecule has 1 N–H and O–H groups in total. The summed E-state index contributed by atoms with van der Waals surface area (Å²) in [5.41, 5.74) is 0. The highest BCUT2D eigenvalue weighted by Crippen LogP contribution is 2.47. The van der Waals surface area contributed by atoms with E-state index in [1.165, 1.54) is 12.8 Å². The van der Waals surface area contributed by atoms with Gasteiger partial charge in [-0.2, -0.15) is 0 Å². The summed E-state index contributed by atoms with van der Waals surface area (Å²) in [5, 5.41) is 9.17. The fraction of sp³-hybridized carbons (Fsp3) is 1.00. The van der Waals surface area contributed by atoms with Gasteiger partial charge in [-0.15, -0.1) is 0 Å². The predicted octanol–water partition coefficient (Wildman–Crippen LogP) is 2.18. The molecule has 1 saturated carbocycles. The van der Waals surface area contributed by atoms with E-state index in [1.807, 2.05) is 0 Å². The van der Waals surface area contributed by atoms with Gasteiger partial charge in [0.15, 0.2) is 5.79 Å². The average molecular weight is 228 g/mol. The second-order valence-electron chi connectivity index (χ2n) is 5.78. The number of aliphatic hydroxyl groups excluding tert-OH is 1. The fourth-order valence-corrected chi connectivity index (χ4v) is 3.24. The first-order chi connectivity index (χ1) is 7.57. The molecule has 3 heteroatoms. The molecule has 0 aromatic rings. The van der Waals surface area contributed by atoms with Crippen LogP contribution in [0.15, 0.2) is 0 Å². The molecule has 16 heavy (non-hydrogen) atoms. The van der Waals surface area contributed by atoms with Crippen molar-refractivity contribution < 1.29 is 14.6 Å². The molecule has 4 atom stereocenters. The molecule has 1 heterocycles. The van der Waals surface area contributed by atoms with Crippen molar-refractivity contribution in [2.75, 3.05) is 13.2 Å². The topological polar surface area (TPSA) is 38.7 Å². The molecular formula is C13H24O3. The van der Waals surface area contributed by atoms with E-state index in [0.29, 0.717) is 24.4 Å². The molecule has 1 aliphatic carbocycles. The van der Waals surface area contributed by atoms with Crippen LogP contribution in [0.1, 0.15) is 40.0 Å². The lowest BCUT2D eigenvalue weighted by Crippen LogP contribution is -2.47. The zero-order valence-electron chi connectivity index (χ0n) is 10.6. The van der Waals surface area contributed by atoms with Crippen LogP contribution in [0.2, 0.25) is 0 Å². The van der Waals surface area contributed by atoms with Crippen molar-refractivity contribution in [2.45, 2.75) is 51.9 Å². The van der Waals surface area contributed by atoms with E-state index >= 15 is 0 Å². The Morgan fingerprint density at radius 2 is 2.12 bits per heavy atom. The van der Waals surface area contributed by atoms with Gasteiger partial charge in [0.1, 0.15) is 6.10 Å². The summed E-state index contributed by atoms with van der Waals surface area (Å²) in [5.74, 6) is 1.30. The van der Waals surface area contributed by atoms with Crippen LogP contribution in [0.3, 0.4) is 0 Å². The second-order valence-corrected chi connectivity index (χ2v) is 5.78. The first-order valence-electron chi connectivity index (χ1n) is 6.50. The van der Waals surface area contributed by atoms with E-state index < -0.39 is 5.79 Å². The highest BCUT2D eigenvalue weighted by Gasteiger charge is 2.51. The normalized spacial score (nSPS) is 44.4. The Morgan fingerprint density at radius 1 is 1.38 bits per heavy atom. The van der Waals surface area contributed by atoms with Crippen LogP contribution in [-0.2, 0) is 9.47 Å². The van der Waals surface area contributed by atoms with Crippen molar-refractivity contribution in [3.8, 4) is 0 Å². The molecule has 2 rings (SSSR count). The Labute approximate surface area is 98.1 Å². The summed E-state index contributed by atoms with van der Waals surface area (Å²) in [6, 6.07) is 0. The number of hydrogen-bond acceptors (Lipinski definition) is 3. The molecule has 0 unspecified atom stereocenters. The zero-order chi connectivity index (χ0) is 11.8. The smallest absolute Gasteiger partial charge is 0.172 e. The van der Waals surface area contributed by atoms with Crippen molar-refractivity contribution in [3.05, 3.63) is 0 Å². The van der Waals surface area contributed by atoms with Gasteiger partial charge >= 0.3 is 0 Å². The molecule has 2 aliphatic rings. The van der Waals surface area contributed by atoms with Crippen LogP contribution in [0.25, 0.3) is 0 Å². The summed E-state index contributed by atoms with van der Waals surface area (Å²) < 4.78 is 12.0.